The summed E-state index contributed by atoms with van der Waals surface area (Å²) >= 11 is 0. The summed E-state index contributed by atoms with van der Waals surface area (Å²) in [7, 11) is 0. The lowest BCUT2D eigenvalue weighted by Gasteiger charge is -2.17. The fraction of sp³-hybridized carbons (Fsp3) is 0.316. The molecule has 0 unspecified atom stereocenters. The largest absolute Gasteiger partial charge is 0.492 e. The van der Waals surface area contributed by atoms with Gasteiger partial charge in [-0.25, -0.2) is 0 Å². The molecule has 0 aromatic heterocycles. The van der Waals surface area contributed by atoms with Crippen molar-refractivity contribution in [1.29, 1.82) is 0 Å². The molecule has 1 saturated carbocycles. The number of rotatable bonds is 5. The molecule has 3 rings (SSSR count). The first-order valence-corrected chi connectivity index (χ1v) is 7.76. The molecular formula is C19H21NO2. The number of nitrogens with one attached hydrogen (secondary N) is 1. The first kappa shape index (κ1) is 14.6. The monoisotopic (exact) mass is 295 g/mol. The van der Waals surface area contributed by atoms with Crippen LogP contribution < -0.4 is 10.1 Å². The van der Waals surface area contributed by atoms with E-state index in [1.54, 1.807) is 0 Å². The van der Waals surface area contributed by atoms with E-state index in [1.165, 1.54) is 5.56 Å². The molecule has 0 saturated heterocycles. The molecule has 0 heterocycles. The molecule has 0 aliphatic heterocycles. The Morgan fingerprint density at radius 1 is 1.14 bits per heavy atom. The van der Waals surface area contributed by atoms with E-state index >= 15 is 0 Å². The summed E-state index contributed by atoms with van der Waals surface area (Å²) in [6.45, 7) is 4.57. The Morgan fingerprint density at radius 2 is 1.82 bits per heavy atom. The van der Waals surface area contributed by atoms with E-state index in [4.69, 9.17) is 4.74 Å². The lowest BCUT2D eigenvalue weighted by molar-refractivity contribution is -0.118. The predicted molar refractivity (Wildman–Crippen MR) is 88.3 cm³/mol. The zero-order valence-corrected chi connectivity index (χ0v) is 13.1. The quantitative estimate of drug-likeness (QED) is 0.903. The smallest absolute Gasteiger partial charge is 0.235 e. The van der Waals surface area contributed by atoms with Crippen LogP contribution in [0.1, 0.15) is 30.9 Å². The number of carbonyl (C=O) groups is 1. The summed E-state index contributed by atoms with van der Waals surface area (Å²) < 4.78 is 5.58. The highest BCUT2D eigenvalue weighted by atomic mass is 16.5. The molecule has 22 heavy (non-hydrogen) atoms. The second-order valence-electron chi connectivity index (χ2n) is 5.83. The maximum atomic E-state index is 12.8. The first-order chi connectivity index (χ1) is 10.7. The van der Waals surface area contributed by atoms with Crippen LogP contribution in [0.3, 0.4) is 0 Å². The number of carbonyl (C=O) groups excluding carboxylic acids is 1. The van der Waals surface area contributed by atoms with Crippen molar-refractivity contribution in [2.24, 2.45) is 0 Å². The molecule has 3 heteroatoms. The van der Waals surface area contributed by atoms with Gasteiger partial charge < -0.3 is 10.1 Å². The van der Waals surface area contributed by atoms with Crippen LogP contribution in [0, 0.1) is 6.92 Å². The Hall–Kier alpha value is -2.29. The summed E-state index contributed by atoms with van der Waals surface area (Å²) in [6, 6.07) is 15.8. The predicted octanol–water partition coefficient (Wildman–Crippen LogP) is 4.06. The van der Waals surface area contributed by atoms with E-state index in [0.717, 1.165) is 29.8 Å². The van der Waals surface area contributed by atoms with Crippen LogP contribution in [0.2, 0.25) is 0 Å². The van der Waals surface area contributed by atoms with Gasteiger partial charge in [-0.2, -0.15) is 0 Å². The number of benzene rings is 2. The van der Waals surface area contributed by atoms with Crippen molar-refractivity contribution in [2.45, 2.75) is 32.1 Å². The van der Waals surface area contributed by atoms with Crippen molar-refractivity contribution in [1.82, 2.24) is 0 Å². The Morgan fingerprint density at radius 3 is 2.45 bits per heavy atom. The van der Waals surface area contributed by atoms with E-state index in [9.17, 15) is 4.79 Å². The molecular weight excluding hydrogens is 274 g/mol. The van der Waals surface area contributed by atoms with Gasteiger partial charge in [0.1, 0.15) is 5.75 Å². The van der Waals surface area contributed by atoms with Crippen molar-refractivity contribution < 1.29 is 9.53 Å². The minimum absolute atomic E-state index is 0.0588. The van der Waals surface area contributed by atoms with Crippen molar-refractivity contribution in [3.8, 4) is 5.75 Å². The lowest BCUT2D eigenvalue weighted by atomic mass is 9.94. The average Bonchev–Trinajstić information content (AvgIpc) is 3.32. The number of hydrogen-bond acceptors (Lipinski definition) is 2. The van der Waals surface area contributed by atoms with Gasteiger partial charge in [0.15, 0.2) is 0 Å². The number of amides is 1. The Labute approximate surface area is 131 Å². The molecule has 1 fully saturated rings. The molecule has 2 aromatic carbocycles. The molecule has 0 bridgehead atoms. The fourth-order valence-electron chi connectivity index (χ4n) is 2.74. The zero-order valence-electron chi connectivity index (χ0n) is 13.1. The van der Waals surface area contributed by atoms with Crippen LogP contribution in [0.15, 0.2) is 48.5 Å². The third-order valence-electron chi connectivity index (χ3n) is 4.22. The van der Waals surface area contributed by atoms with Crippen molar-refractivity contribution in [3.05, 3.63) is 59.7 Å². The third-order valence-corrected chi connectivity index (χ3v) is 4.22. The molecule has 1 aliphatic rings. The Kier molecular flexibility index (Phi) is 3.88. The molecule has 114 valence electrons. The second-order valence-corrected chi connectivity index (χ2v) is 5.83. The Bertz CT molecular complexity index is 672. The minimum Gasteiger partial charge on any atom is -0.492 e. The molecule has 0 radical (unpaired) electrons. The molecule has 1 amide bonds. The minimum atomic E-state index is -0.368. The Balaban J connectivity index is 1.81. The van der Waals surface area contributed by atoms with Crippen LogP contribution in [0.4, 0.5) is 5.69 Å². The standard InChI is InChI=1S/C19H21NO2/c1-3-22-17-7-5-4-6-16(17)20-18(21)19(12-13-19)15-10-8-14(2)9-11-15/h4-11H,3,12-13H2,1-2H3,(H,20,21). The summed E-state index contributed by atoms with van der Waals surface area (Å²) in [5.74, 6) is 0.779. The van der Waals surface area contributed by atoms with Crippen molar-refractivity contribution >= 4 is 11.6 Å². The summed E-state index contributed by atoms with van der Waals surface area (Å²) in [5, 5.41) is 3.05. The molecule has 2 aromatic rings. The highest BCUT2D eigenvalue weighted by Gasteiger charge is 2.51. The van der Waals surface area contributed by atoms with Gasteiger partial charge in [-0.15, -0.1) is 0 Å². The van der Waals surface area contributed by atoms with E-state index < -0.39 is 0 Å². The number of aryl methyl sites for hydroxylation is 1. The van der Waals surface area contributed by atoms with Gasteiger partial charge in [-0.05, 0) is 44.4 Å². The van der Waals surface area contributed by atoms with E-state index in [1.807, 2.05) is 31.2 Å². The van der Waals surface area contributed by atoms with Gasteiger partial charge in [0.2, 0.25) is 5.91 Å². The number of hydrogen-bond donors (Lipinski definition) is 1. The summed E-state index contributed by atoms with van der Waals surface area (Å²) in [6.07, 6.45) is 1.80. The summed E-state index contributed by atoms with van der Waals surface area (Å²) in [4.78, 5) is 12.8. The molecule has 0 atom stereocenters. The van der Waals surface area contributed by atoms with Crippen LogP contribution in [-0.4, -0.2) is 12.5 Å². The van der Waals surface area contributed by atoms with Gasteiger partial charge >= 0.3 is 0 Å². The average molecular weight is 295 g/mol. The van der Waals surface area contributed by atoms with Gasteiger partial charge in [0.25, 0.3) is 0 Å². The van der Waals surface area contributed by atoms with E-state index in [0.29, 0.717) is 6.61 Å². The van der Waals surface area contributed by atoms with Crippen molar-refractivity contribution in [3.63, 3.8) is 0 Å². The van der Waals surface area contributed by atoms with Crippen LogP contribution in [0.25, 0.3) is 0 Å². The maximum Gasteiger partial charge on any atom is 0.235 e. The normalized spacial score (nSPS) is 15.2. The zero-order chi connectivity index (χ0) is 15.6. The van der Waals surface area contributed by atoms with Crippen LogP contribution in [0.5, 0.6) is 5.75 Å². The topological polar surface area (TPSA) is 38.3 Å². The lowest BCUT2D eigenvalue weighted by Crippen LogP contribution is -2.28. The molecule has 3 nitrogen and oxygen atoms in total. The highest BCUT2D eigenvalue weighted by Crippen LogP contribution is 2.49. The third kappa shape index (κ3) is 2.71. The number of para-hydroxylation sites is 2. The van der Waals surface area contributed by atoms with Crippen LogP contribution in [-0.2, 0) is 10.2 Å². The second kappa shape index (κ2) is 5.84. The molecule has 1 aliphatic carbocycles. The van der Waals surface area contributed by atoms with Gasteiger partial charge in [-0.1, -0.05) is 42.0 Å². The fourth-order valence-corrected chi connectivity index (χ4v) is 2.74. The van der Waals surface area contributed by atoms with E-state index in [-0.39, 0.29) is 11.3 Å². The SMILES string of the molecule is CCOc1ccccc1NC(=O)C1(c2ccc(C)cc2)CC1. The van der Waals surface area contributed by atoms with Crippen LogP contribution >= 0.6 is 0 Å². The van der Waals surface area contributed by atoms with Gasteiger partial charge in [0.05, 0.1) is 17.7 Å². The molecule has 0 spiro atoms. The van der Waals surface area contributed by atoms with Crippen molar-refractivity contribution in [2.75, 3.05) is 11.9 Å². The summed E-state index contributed by atoms with van der Waals surface area (Å²) in [5.41, 5.74) is 2.69. The van der Waals surface area contributed by atoms with Gasteiger partial charge in [0, 0.05) is 0 Å². The number of anilines is 1. The van der Waals surface area contributed by atoms with Gasteiger partial charge in [-0.3, -0.25) is 4.79 Å². The first-order valence-electron chi connectivity index (χ1n) is 7.76. The van der Waals surface area contributed by atoms with E-state index in [2.05, 4.69) is 36.5 Å². The highest BCUT2D eigenvalue weighted by molar-refractivity contribution is 6.02. The maximum absolute atomic E-state index is 12.8. The molecule has 1 N–H and O–H groups in total. The number of ether oxygens (including phenoxy) is 1.